The summed E-state index contributed by atoms with van der Waals surface area (Å²) in [5.74, 6) is 0.556. The summed E-state index contributed by atoms with van der Waals surface area (Å²) in [4.78, 5) is 8.46. The fourth-order valence-corrected chi connectivity index (χ4v) is 1.94. The number of nitrogens with zero attached hydrogens (tertiary/aromatic N) is 2. The molecule has 3 rings (SSSR count). The van der Waals surface area contributed by atoms with Crippen molar-refractivity contribution in [3.05, 3.63) is 47.7 Å². The zero-order valence-electron chi connectivity index (χ0n) is 7.92. The molecule has 0 aromatic carbocycles. The normalized spacial score (nSPS) is 25.5. The molecule has 0 bridgehead atoms. The van der Waals surface area contributed by atoms with Gasteiger partial charge in [-0.05, 0) is 17.7 Å². The minimum absolute atomic E-state index is 0. The van der Waals surface area contributed by atoms with E-state index in [9.17, 15) is 0 Å². The van der Waals surface area contributed by atoms with E-state index in [1.54, 1.807) is 0 Å². The number of guanidine groups is 1. The largest absolute Gasteiger partial charge is 0.368 e. The van der Waals surface area contributed by atoms with E-state index in [0.29, 0.717) is 5.96 Å². The van der Waals surface area contributed by atoms with E-state index in [2.05, 4.69) is 22.1 Å². The highest BCUT2D eigenvalue weighted by molar-refractivity contribution is 8.93. The summed E-state index contributed by atoms with van der Waals surface area (Å²) in [7, 11) is 0. The van der Waals surface area contributed by atoms with E-state index in [4.69, 9.17) is 5.73 Å². The monoisotopic (exact) mass is 263 g/mol. The number of hydrogen-bond donors (Lipinski definition) is 1. The first-order valence-electron chi connectivity index (χ1n) is 4.54. The van der Waals surface area contributed by atoms with Gasteiger partial charge in [0.25, 0.3) is 0 Å². The predicted octanol–water partition coefficient (Wildman–Crippen LogP) is 1.90. The van der Waals surface area contributed by atoms with Gasteiger partial charge in [-0.2, -0.15) is 0 Å². The second-order valence-corrected chi connectivity index (χ2v) is 3.42. The Morgan fingerprint density at radius 3 is 2.73 bits per heavy atom. The van der Waals surface area contributed by atoms with Crippen LogP contribution in [0.5, 0.6) is 0 Å². The fraction of sp³-hybridized carbons (Fsp3) is 0.0909. The standard InChI is InChI=1S/C11H9N3.BrH/c12-11-13-8-5-1-3-7-4-2-6-9(14-11)10(7)8;/h1-6,10H,(H2,12,13,14);1H. The summed E-state index contributed by atoms with van der Waals surface area (Å²) in [5.41, 5.74) is 8.84. The van der Waals surface area contributed by atoms with Crippen molar-refractivity contribution < 1.29 is 0 Å². The van der Waals surface area contributed by atoms with Crippen molar-refractivity contribution in [2.75, 3.05) is 0 Å². The second-order valence-electron chi connectivity index (χ2n) is 3.42. The molecule has 0 amide bonds. The lowest BCUT2D eigenvalue weighted by molar-refractivity contribution is 0.918. The Bertz CT molecular complexity index is 476. The van der Waals surface area contributed by atoms with Crippen LogP contribution in [-0.4, -0.2) is 11.7 Å². The second kappa shape index (κ2) is 3.62. The van der Waals surface area contributed by atoms with Gasteiger partial charge in [-0.1, -0.05) is 24.3 Å². The van der Waals surface area contributed by atoms with Crippen LogP contribution in [0.15, 0.2) is 57.7 Å². The van der Waals surface area contributed by atoms with E-state index in [-0.39, 0.29) is 22.9 Å². The van der Waals surface area contributed by atoms with Crippen molar-refractivity contribution in [3.63, 3.8) is 0 Å². The van der Waals surface area contributed by atoms with Gasteiger partial charge in [0.15, 0.2) is 0 Å². The zero-order chi connectivity index (χ0) is 9.54. The van der Waals surface area contributed by atoms with Crippen molar-refractivity contribution in [1.29, 1.82) is 0 Å². The molecule has 0 radical (unpaired) electrons. The van der Waals surface area contributed by atoms with Crippen LogP contribution in [-0.2, 0) is 0 Å². The van der Waals surface area contributed by atoms with E-state index in [1.165, 1.54) is 5.57 Å². The van der Waals surface area contributed by atoms with Gasteiger partial charge in [0, 0.05) is 0 Å². The molecule has 0 spiro atoms. The molecule has 15 heavy (non-hydrogen) atoms. The topological polar surface area (TPSA) is 50.7 Å². The molecule has 4 heteroatoms. The van der Waals surface area contributed by atoms with Crippen molar-refractivity contribution in [2.45, 2.75) is 0 Å². The van der Waals surface area contributed by atoms with Crippen LogP contribution in [0.25, 0.3) is 0 Å². The van der Waals surface area contributed by atoms with Gasteiger partial charge >= 0.3 is 0 Å². The van der Waals surface area contributed by atoms with E-state index >= 15 is 0 Å². The quantitative estimate of drug-likeness (QED) is 0.713. The Morgan fingerprint density at radius 2 is 1.87 bits per heavy atom. The smallest absolute Gasteiger partial charge is 0.220 e. The third kappa shape index (κ3) is 1.51. The Morgan fingerprint density at radius 1 is 1.07 bits per heavy atom. The molecule has 1 aliphatic heterocycles. The van der Waals surface area contributed by atoms with Gasteiger partial charge in [-0.15, -0.1) is 17.0 Å². The van der Waals surface area contributed by atoms with E-state index in [0.717, 1.165) is 11.4 Å². The minimum Gasteiger partial charge on any atom is -0.368 e. The van der Waals surface area contributed by atoms with E-state index in [1.807, 2.05) is 24.3 Å². The first-order valence-corrected chi connectivity index (χ1v) is 4.54. The third-order valence-electron chi connectivity index (χ3n) is 2.52. The number of aliphatic imine (C=N–C) groups is 2. The molecule has 0 aromatic heterocycles. The van der Waals surface area contributed by atoms with Crippen molar-refractivity contribution >= 4 is 28.7 Å². The van der Waals surface area contributed by atoms with Crippen LogP contribution in [0.4, 0.5) is 0 Å². The van der Waals surface area contributed by atoms with Gasteiger partial charge in [-0.3, -0.25) is 0 Å². The summed E-state index contributed by atoms with van der Waals surface area (Å²) in [6, 6.07) is 0. The molecule has 0 fully saturated rings. The molecule has 76 valence electrons. The van der Waals surface area contributed by atoms with Crippen molar-refractivity contribution in [2.24, 2.45) is 21.6 Å². The molecule has 1 unspecified atom stereocenters. The zero-order valence-corrected chi connectivity index (χ0v) is 9.63. The van der Waals surface area contributed by atoms with Gasteiger partial charge < -0.3 is 5.73 Å². The van der Waals surface area contributed by atoms with Gasteiger partial charge in [0.05, 0.1) is 17.3 Å². The van der Waals surface area contributed by atoms with Crippen LogP contribution in [0, 0.1) is 5.92 Å². The SMILES string of the molecule is Br.NC1=NC2=CC=CC3=CC=CC(=N1)C32. The number of allylic oxidation sites excluding steroid dienone is 7. The summed E-state index contributed by atoms with van der Waals surface area (Å²) in [6.45, 7) is 0. The van der Waals surface area contributed by atoms with Crippen LogP contribution >= 0.6 is 17.0 Å². The van der Waals surface area contributed by atoms with Crippen LogP contribution in [0.2, 0.25) is 0 Å². The molecule has 0 saturated heterocycles. The average Bonchev–Trinajstić information content (AvgIpc) is 2.18. The molecular formula is C11H10BrN3. The minimum atomic E-state index is 0. The number of rotatable bonds is 0. The van der Waals surface area contributed by atoms with Crippen LogP contribution in [0.3, 0.4) is 0 Å². The lowest BCUT2D eigenvalue weighted by atomic mass is 9.83. The van der Waals surface area contributed by atoms with Crippen molar-refractivity contribution in [3.8, 4) is 0 Å². The van der Waals surface area contributed by atoms with Crippen molar-refractivity contribution in [1.82, 2.24) is 0 Å². The lowest BCUT2D eigenvalue weighted by Gasteiger charge is -2.26. The summed E-state index contributed by atoms with van der Waals surface area (Å²) >= 11 is 0. The summed E-state index contributed by atoms with van der Waals surface area (Å²) in [5, 5.41) is 0. The molecule has 0 saturated carbocycles. The van der Waals surface area contributed by atoms with Gasteiger partial charge in [0.2, 0.25) is 5.96 Å². The lowest BCUT2D eigenvalue weighted by Crippen LogP contribution is -2.28. The molecule has 1 atom stereocenters. The first kappa shape index (κ1) is 10.1. The molecule has 3 nitrogen and oxygen atoms in total. The number of nitrogens with two attached hydrogens (primary N) is 1. The highest BCUT2D eigenvalue weighted by Crippen LogP contribution is 2.32. The maximum absolute atomic E-state index is 5.62. The highest BCUT2D eigenvalue weighted by Gasteiger charge is 2.28. The fourth-order valence-electron chi connectivity index (χ4n) is 1.94. The predicted molar refractivity (Wildman–Crippen MR) is 67.3 cm³/mol. The molecule has 3 aliphatic rings. The summed E-state index contributed by atoms with van der Waals surface area (Å²) in [6.07, 6.45) is 12.1. The Hall–Kier alpha value is -1.42. The highest BCUT2D eigenvalue weighted by atomic mass is 79.9. The molecule has 0 aromatic rings. The maximum atomic E-state index is 5.62. The Balaban J connectivity index is 0.000000853. The third-order valence-corrected chi connectivity index (χ3v) is 2.52. The van der Waals surface area contributed by atoms with Crippen LogP contribution in [0.1, 0.15) is 0 Å². The first-order chi connectivity index (χ1) is 6.84. The average molecular weight is 264 g/mol. The molecular weight excluding hydrogens is 254 g/mol. The molecule has 1 heterocycles. The van der Waals surface area contributed by atoms with E-state index < -0.39 is 0 Å². The van der Waals surface area contributed by atoms with Gasteiger partial charge in [-0.25, -0.2) is 9.98 Å². The molecule has 2 N–H and O–H groups in total. The Labute approximate surface area is 98.3 Å². The molecule has 2 aliphatic carbocycles. The maximum Gasteiger partial charge on any atom is 0.220 e. The Kier molecular flexibility index (Phi) is 2.44. The van der Waals surface area contributed by atoms with Crippen LogP contribution < -0.4 is 5.73 Å². The summed E-state index contributed by atoms with van der Waals surface area (Å²) < 4.78 is 0. The number of hydrogen-bond acceptors (Lipinski definition) is 3. The number of halogens is 1. The van der Waals surface area contributed by atoms with Gasteiger partial charge in [0.1, 0.15) is 0 Å².